The largest absolute Gasteiger partial charge is 0.323 e. The molecule has 3 aromatic rings. The van der Waals surface area contributed by atoms with Gasteiger partial charge in [-0.3, -0.25) is 0 Å². The zero-order valence-electron chi connectivity index (χ0n) is 13.6. The van der Waals surface area contributed by atoms with Gasteiger partial charge in [-0.1, -0.05) is 41.4 Å². The van der Waals surface area contributed by atoms with Crippen LogP contribution in [0.5, 0.6) is 0 Å². The molecule has 0 aliphatic carbocycles. The molecule has 0 saturated carbocycles. The zero-order chi connectivity index (χ0) is 17.4. The highest BCUT2D eigenvalue weighted by Crippen LogP contribution is 2.37. The van der Waals surface area contributed by atoms with Crippen molar-refractivity contribution < 1.29 is 0 Å². The number of nitrogens with one attached hydrogen (secondary N) is 1. The molecule has 0 bridgehead atoms. The van der Waals surface area contributed by atoms with E-state index in [0.29, 0.717) is 27.7 Å². The molecule has 4 rings (SSSR count). The standard InChI is InChI=1S/C19H16Cl2N4/c1-12-10-13-4-2-3-5-17(13)25(12)18-8-9-22-19(24-18)23-16-11-14(20)6-7-15(16)21/h2-9,11-12H,10H2,1H3,(H,22,23,24). The highest BCUT2D eigenvalue weighted by molar-refractivity contribution is 6.35. The third-order valence-electron chi connectivity index (χ3n) is 4.27. The van der Waals surface area contributed by atoms with Crippen LogP contribution in [0.3, 0.4) is 0 Å². The summed E-state index contributed by atoms with van der Waals surface area (Å²) in [4.78, 5) is 11.2. The maximum atomic E-state index is 6.22. The lowest BCUT2D eigenvalue weighted by Gasteiger charge is -2.24. The van der Waals surface area contributed by atoms with Gasteiger partial charge < -0.3 is 10.2 Å². The van der Waals surface area contributed by atoms with E-state index in [0.717, 1.165) is 12.2 Å². The minimum Gasteiger partial charge on any atom is -0.323 e. The Morgan fingerprint density at radius 2 is 1.96 bits per heavy atom. The number of rotatable bonds is 3. The first-order valence-electron chi connectivity index (χ1n) is 8.04. The first-order valence-corrected chi connectivity index (χ1v) is 8.79. The maximum Gasteiger partial charge on any atom is 0.229 e. The molecule has 0 amide bonds. The fraction of sp³-hybridized carbons (Fsp3) is 0.158. The Morgan fingerprint density at radius 1 is 1.12 bits per heavy atom. The van der Waals surface area contributed by atoms with Crippen LogP contribution in [-0.4, -0.2) is 16.0 Å². The van der Waals surface area contributed by atoms with Crippen molar-refractivity contribution in [2.45, 2.75) is 19.4 Å². The summed E-state index contributed by atoms with van der Waals surface area (Å²) in [6, 6.07) is 15.9. The molecular weight excluding hydrogens is 355 g/mol. The predicted molar refractivity (Wildman–Crippen MR) is 104 cm³/mol. The number of fused-ring (bicyclic) bond motifs is 1. The second kappa shape index (κ2) is 6.54. The number of nitrogens with zero attached hydrogens (tertiary/aromatic N) is 3. The van der Waals surface area contributed by atoms with E-state index in [9.17, 15) is 0 Å². The van der Waals surface area contributed by atoms with Crippen LogP contribution in [0.4, 0.5) is 23.1 Å². The van der Waals surface area contributed by atoms with Gasteiger partial charge >= 0.3 is 0 Å². The fourth-order valence-corrected chi connectivity index (χ4v) is 3.51. The lowest BCUT2D eigenvalue weighted by Crippen LogP contribution is -2.25. The summed E-state index contributed by atoms with van der Waals surface area (Å²) in [7, 11) is 0. The molecular formula is C19H16Cl2N4. The molecule has 1 aliphatic heterocycles. The fourth-order valence-electron chi connectivity index (χ4n) is 3.17. The van der Waals surface area contributed by atoms with Gasteiger partial charge in [-0.2, -0.15) is 4.98 Å². The summed E-state index contributed by atoms with van der Waals surface area (Å²) in [6.07, 6.45) is 2.75. The Labute approximate surface area is 156 Å². The van der Waals surface area contributed by atoms with Crippen LogP contribution in [0.15, 0.2) is 54.7 Å². The van der Waals surface area contributed by atoms with E-state index in [1.54, 1.807) is 24.4 Å². The second-order valence-electron chi connectivity index (χ2n) is 6.04. The molecule has 0 radical (unpaired) electrons. The monoisotopic (exact) mass is 370 g/mol. The quantitative estimate of drug-likeness (QED) is 0.650. The molecule has 0 fully saturated rings. The van der Waals surface area contributed by atoms with Gasteiger partial charge in [-0.15, -0.1) is 0 Å². The smallest absolute Gasteiger partial charge is 0.229 e. The topological polar surface area (TPSA) is 41.1 Å². The number of hydrogen-bond donors (Lipinski definition) is 1. The van der Waals surface area contributed by atoms with E-state index in [1.807, 2.05) is 6.07 Å². The van der Waals surface area contributed by atoms with Crippen molar-refractivity contribution in [3.8, 4) is 0 Å². The van der Waals surface area contributed by atoms with Crippen LogP contribution in [0.25, 0.3) is 0 Å². The van der Waals surface area contributed by atoms with Gasteiger partial charge in [0.15, 0.2) is 0 Å². The maximum absolute atomic E-state index is 6.22. The predicted octanol–water partition coefficient (Wildman–Crippen LogP) is 5.61. The van der Waals surface area contributed by atoms with Crippen molar-refractivity contribution in [3.63, 3.8) is 0 Å². The highest BCUT2D eigenvalue weighted by Gasteiger charge is 2.27. The summed E-state index contributed by atoms with van der Waals surface area (Å²) < 4.78 is 0. The first-order chi connectivity index (χ1) is 12.1. The normalized spacial score (nSPS) is 16.0. The van der Waals surface area contributed by atoms with Crippen molar-refractivity contribution in [1.29, 1.82) is 0 Å². The van der Waals surface area contributed by atoms with Crippen molar-refractivity contribution in [2.75, 3.05) is 10.2 Å². The Hall–Kier alpha value is -2.30. The summed E-state index contributed by atoms with van der Waals surface area (Å²) >= 11 is 12.3. The van der Waals surface area contributed by atoms with Crippen LogP contribution < -0.4 is 10.2 Å². The number of hydrogen-bond acceptors (Lipinski definition) is 4. The molecule has 25 heavy (non-hydrogen) atoms. The molecule has 1 aromatic heterocycles. The van der Waals surface area contributed by atoms with Gasteiger partial charge in [-0.25, -0.2) is 4.98 Å². The number of para-hydroxylation sites is 1. The van der Waals surface area contributed by atoms with Crippen LogP contribution in [0.2, 0.25) is 10.0 Å². The van der Waals surface area contributed by atoms with Crippen molar-refractivity contribution in [1.82, 2.24) is 9.97 Å². The Balaban J connectivity index is 1.67. The van der Waals surface area contributed by atoms with E-state index in [-0.39, 0.29) is 0 Å². The Morgan fingerprint density at radius 3 is 2.84 bits per heavy atom. The molecule has 2 heterocycles. The van der Waals surface area contributed by atoms with Crippen LogP contribution in [-0.2, 0) is 6.42 Å². The van der Waals surface area contributed by atoms with Crippen molar-refractivity contribution in [2.24, 2.45) is 0 Å². The second-order valence-corrected chi connectivity index (χ2v) is 6.88. The average molecular weight is 371 g/mol. The Kier molecular flexibility index (Phi) is 4.24. The van der Waals surface area contributed by atoms with Gasteiger partial charge in [-0.05, 0) is 49.2 Å². The molecule has 6 heteroatoms. The molecule has 4 nitrogen and oxygen atoms in total. The molecule has 126 valence electrons. The van der Waals surface area contributed by atoms with Crippen molar-refractivity contribution in [3.05, 3.63) is 70.3 Å². The minimum absolute atomic E-state index is 0.343. The summed E-state index contributed by atoms with van der Waals surface area (Å²) in [5, 5.41) is 4.32. The van der Waals surface area contributed by atoms with Gasteiger partial charge in [0.05, 0.1) is 10.7 Å². The highest BCUT2D eigenvalue weighted by atomic mass is 35.5. The van der Waals surface area contributed by atoms with E-state index in [1.165, 1.54) is 11.3 Å². The molecule has 2 aromatic carbocycles. The van der Waals surface area contributed by atoms with E-state index >= 15 is 0 Å². The lowest BCUT2D eigenvalue weighted by molar-refractivity contribution is 0.749. The number of aromatic nitrogens is 2. The van der Waals surface area contributed by atoms with Gasteiger partial charge in [0.1, 0.15) is 5.82 Å². The van der Waals surface area contributed by atoms with Crippen LogP contribution >= 0.6 is 23.2 Å². The molecule has 1 aliphatic rings. The van der Waals surface area contributed by atoms with E-state index in [2.05, 4.69) is 51.4 Å². The van der Waals surface area contributed by atoms with E-state index in [4.69, 9.17) is 23.2 Å². The third-order valence-corrected chi connectivity index (χ3v) is 4.83. The van der Waals surface area contributed by atoms with Gasteiger partial charge in [0.25, 0.3) is 0 Å². The zero-order valence-corrected chi connectivity index (χ0v) is 15.1. The summed E-state index contributed by atoms with van der Waals surface area (Å²) in [5.74, 6) is 1.34. The SMILES string of the molecule is CC1Cc2ccccc2N1c1ccnc(Nc2cc(Cl)ccc2Cl)n1. The summed E-state index contributed by atoms with van der Waals surface area (Å²) in [5.41, 5.74) is 3.21. The average Bonchev–Trinajstić information content (AvgIpc) is 2.94. The van der Waals surface area contributed by atoms with Crippen LogP contribution in [0, 0.1) is 0 Å². The van der Waals surface area contributed by atoms with E-state index < -0.39 is 0 Å². The van der Waals surface area contributed by atoms with Crippen LogP contribution in [0.1, 0.15) is 12.5 Å². The summed E-state index contributed by atoms with van der Waals surface area (Å²) in [6.45, 7) is 2.20. The number of benzene rings is 2. The Bertz CT molecular complexity index is 929. The van der Waals surface area contributed by atoms with Gasteiger partial charge in [0, 0.05) is 22.9 Å². The number of anilines is 4. The molecule has 1 N–H and O–H groups in total. The third kappa shape index (κ3) is 3.15. The molecule has 1 atom stereocenters. The first kappa shape index (κ1) is 16.2. The number of halogens is 2. The minimum atomic E-state index is 0.343. The lowest BCUT2D eigenvalue weighted by atomic mass is 10.1. The molecule has 1 unspecified atom stereocenters. The molecule has 0 spiro atoms. The molecule has 0 saturated heterocycles. The van der Waals surface area contributed by atoms with Gasteiger partial charge in [0.2, 0.25) is 5.95 Å². The van der Waals surface area contributed by atoms with Crippen molar-refractivity contribution >= 4 is 46.3 Å².